The third kappa shape index (κ3) is 1.71. The predicted octanol–water partition coefficient (Wildman–Crippen LogP) is 1.68. The molecule has 1 rings (SSSR count). The molecule has 0 bridgehead atoms. The van der Waals surface area contributed by atoms with E-state index in [-0.39, 0.29) is 0 Å². The second-order valence-electron chi connectivity index (χ2n) is 3.15. The molecule has 1 nitrogen and oxygen atoms in total. The first-order valence-corrected chi connectivity index (χ1v) is 3.72. The number of rotatable bonds is 2. The molecule has 0 aromatic rings. The molecule has 1 unspecified atom stereocenters. The van der Waals surface area contributed by atoms with E-state index in [0.29, 0.717) is 5.92 Å². The van der Waals surface area contributed by atoms with Crippen molar-refractivity contribution in [1.29, 1.82) is 0 Å². The van der Waals surface area contributed by atoms with E-state index >= 15 is 0 Å². The summed E-state index contributed by atoms with van der Waals surface area (Å²) < 4.78 is 0. The van der Waals surface area contributed by atoms with Crippen molar-refractivity contribution >= 4 is 0 Å². The lowest BCUT2D eigenvalue weighted by molar-refractivity contribution is 0.434. The lowest BCUT2D eigenvalue weighted by Gasteiger charge is -2.13. The smallest absolute Gasteiger partial charge is 0.0195 e. The molecule has 0 fully saturated rings. The first-order valence-electron chi connectivity index (χ1n) is 3.72. The first kappa shape index (κ1) is 7.55. The van der Waals surface area contributed by atoms with Crippen LogP contribution in [0.5, 0.6) is 0 Å². The summed E-state index contributed by atoms with van der Waals surface area (Å²) in [5.74, 6) is 0.655. The Morgan fingerprint density at radius 1 is 1.50 bits per heavy atom. The minimum atomic E-state index is 0.655. The molecular weight excluding hydrogens is 122 g/mol. The SMILES string of the molecule is CC1C=CC=C1CN(C)C. The molecule has 0 spiro atoms. The highest BCUT2D eigenvalue weighted by molar-refractivity contribution is 5.27. The van der Waals surface area contributed by atoms with E-state index < -0.39 is 0 Å². The molecule has 0 N–H and O–H groups in total. The summed E-state index contributed by atoms with van der Waals surface area (Å²) in [6, 6.07) is 0. The number of allylic oxidation sites excluding steroid dienone is 3. The number of hydrogen-bond donors (Lipinski definition) is 0. The molecule has 0 aliphatic heterocycles. The van der Waals surface area contributed by atoms with Gasteiger partial charge in [0.1, 0.15) is 0 Å². The molecule has 0 saturated carbocycles. The quantitative estimate of drug-likeness (QED) is 0.559. The van der Waals surface area contributed by atoms with Gasteiger partial charge in [0, 0.05) is 6.54 Å². The van der Waals surface area contributed by atoms with Crippen LogP contribution in [0.1, 0.15) is 6.92 Å². The Bertz CT molecular complexity index is 166. The third-order valence-corrected chi connectivity index (χ3v) is 1.79. The molecule has 1 atom stereocenters. The van der Waals surface area contributed by atoms with E-state index in [2.05, 4.69) is 44.1 Å². The summed E-state index contributed by atoms with van der Waals surface area (Å²) in [5.41, 5.74) is 1.52. The van der Waals surface area contributed by atoms with E-state index in [0.717, 1.165) is 6.54 Å². The van der Waals surface area contributed by atoms with E-state index in [4.69, 9.17) is 0 Å². The van der Waals surface area contributed by atoms with Gasteiger partial charge in [0.15, 0.2) is 0 Å². The van der Waals surface area contributed by atoms with E-state index in [1.165, 1.54) is 5.57 Å². The predicted molar refractivity (Wildman–Crippen MR) is 44.9 cm³/mol. The van der Waals surface area contributed by atoms with Gasteiger partial charge in [-0.25, -0.2) is 0 Å². The van der Waals surface area contributed by atoms with Crippen LogP contribution in [0.15, 0.2) is 23.8 Å². The molecule has 0 aromatic heterocycles. The van der Waals surface area contributed by atoms with E-state index in [9.17, 15) is 0 Å². The maximum atomic E-state index is 2.23. The van der Waals surface area contributed by atoms with Crippen molar-refractivity contribution in [3.05, 3.63) is 23.8 Å². The van der Waals surface area contributed by atoms with Crippen molar-refractivity contribution in [2.24, 2.45) is 5.92 Å². The largest absolute Gasteiger partial charge is 0.305 e. The van der Waals surface area contributed by atoms with Crippen LogP contribution < -0.4 is 0 Å². The van der Waals surface area contributed by atoms with E-state index in [1.54, 1.807) is 0 Å². The highest BCUT2D eigenvalue weighted by atomic mass is 15.0. The molecule has 0 radical (unpaired) electrons. The van der Waals surface area contributed by atoms with Gasteiger partial charge in [-0.05, 0) is 25.6 Å². The summed E-state index contributed by atoms with van der Waals surface area (Å²) in [4.78, 5) is 2.20. The van der Waals surface area contributed by atoms with Crippen LogP contribution in [0.25, 0.3) is 0 Å². The lowest BCUT2D eigenvalue weighted by Crippen LogP contribution is -2.16. The summed E-state index contributed by atoms with van der Waals surface area (Å²) in [5, 5.41) is 0. The molecule has 0 aromatic carbocycles. The Morgan fingerprint density at radius 2 is 2.20 bits per heavy atom. The number of hydrogen-bond acceptors (Lipinski definition) is 1. The van der Waals surface area contributed by atoms with Crippen molar-refractivity contribution in [3.8, 4) is 0 Å². The summed E-state index contributed by atoms with van der Waals surface area (Å²) >= 11 is 0. The normalized spacial score (nSPS) is 24.0. The molecule has 10 heavy (non-hydrogen) atoms. The highest BCUT2D eigenvalue weighted by Crippen LogP contribution is 2.18. The Morgan fingerprint density at radius 3 is 2.60 bits per heavy atom. The Kier molecular flexibility index (Phi) is 2.28. The minimum Gasteiger partial charge on any atom is -0.305 e. The molecule has 0 saturated heterocycles. The highest BCUT2D eigenvalue weighted by Gasteiger charge is 2.08. The van der Waals surface area contributed by atoms with Crippen LogP contribution in [0.2, 0.25) is 0 Å². The third-order valence-electron chi connectivity index (χ3n) is 1.79. The van der Waals surface area contributed by atoms with Gasteiger partial charge >= 0.3 is 0 Å². The van der Waals surface area contributed by atoms with Gasteiger partial charge in [0.25, 0.3) is 0 Å². The fourth-order valence-corrected chi connectivity index (χ4v) is 1.18. The summed E-state index contributed by atoms with van der Waals surface area (Å²) in [6.45, 7) is 3.33. The van der Waals surface area contributed by atoms with Gasteiger partial charge in [-0.3, -0.25) is 0 Å². The Labute approximate surface area is 63.0 Å². The summed E-state index contributed by atoms with van der Waals surface area (Å²) in [7, 11) is 4.21. The average molecular weight is 137 g/mol. The monoisotopic (exact) mass is 137 g/mol. The van der Waals surface area contributed by atoms with Crippen LogP contribution in [-0.2, 0) is 0 Å². The van der Waals surface area contributed by atoms with Gasteiger partial charge < -0.3 is 4.90 Å². The topological polar surface area (TPSA) is 3.24 Å². The van der Waals surface area contributed by atoms with E-state index in [1.807, 2.05) is 0 Å². The second-order valence-corrected chi connectivity index (χ2v) is 3.15. The first-order chi connectivity index (χ1) is 4.70. The maximum absolute atomic E-state index is 2.23. The van der Waals surface area contributed by atoms with Crippen LogP contribution in [0.3, 0.4) is 0 Å². The molecule has 1 heteroatoms. The maximum Gasteiger partial charge on any atom is 0.0195 e. The van der Waals surface area contributed by atoms with Gasteiger partial charge in [0.2, 0.25) is 0 Å². The molecule has 0 heterocycles. The zero-order chi connectivity index (χ0) is 7.56. The van der Waals surface area contributed by atoms with Gasteiger partial charge in [-0.15, -0.1) is 0 Å². The van der Waals surface area contributed by atoms with Crippen LogP contribution >= 0.6 is 0 Å². The summed E-state index contributed by atoms with van der Waals surface area (Å²) in [6.07, 6.45) is 6.59. The molecular formula is C9H15N. The fourth-order valence-electron chi connectivity index (χ4n) is 1.18. The van der Waals surface area contributed by atoms with Crippen LogP contribution in [-0.4, -0.2) is 25.5 Å². The van der Waals surface area contributed by atoms with Gasteiger partial charge in [-0.1, -0.05) is 25.2 Å². The number of likely N-dealkylation sites (N-methyl/N-ethyl adjacent to an activating group) is 1. The number of nitrogens with zero attached hydrogens (tertiary/aromatic N) is 1. The van der Waals surface area contributed by atoms with Gasteiger partial charge in [0.05, 0.1) is 0 Å². The van der Waals surface area contributed by atoms with Crippen molar-refractivity contribution in [3.63, 3.8) is 0 Å². The van der Waals surface area contributed by atoms with Crippen LogP contribution in [0.4, 0.5) is 0 Å². The van der Waals surface area contributed by atoms with Crippen LogP contribution in [0, 0.1) is 5.92 Å². The van der Waals surface area contributed by atoms with Crippen molar-refractivity contribution < 1.29 is 0 Å². The van der Waals surface area contributed by atoms with Crippen molar-refractivity contribution in [2.45, 2.75) is 6.92 Å². The second kappa shape index (κ2) is 3.02. The lowest BCUT2D eigenvalue weighted by atomic mass is 10.1. The minimum absolute atomic E-state index is 0.655. The molecule has 1 aliphatic rings. The zero-order valence-corrected chi connectivity index (χ0v) is 6.96. The zero-order valence-electron chi connectivity index (χ0n) is 6.96. The molecule has 0 amide bonds. The Balaban J connectivity index is 2.44. The van der Waals surface area contributed by atoms with Gasteiger partial charge in [-0.2, -0.15) is 0 Å². The van der Waals surface area contributed by atoms with Crippen molar-refractivity contribution in [1.82, 2.24) is 4.90 Å². The molecule has 1 aliphatic carbocycles. The standard InChI is InChI=1S/C9H15N/c1-8-5-4-6-9(8)7-10(2)3/h4-6,8H,7H2,1-3H3. The fraction of sp³-hybridized carbons (Fsp3) is 0.556. The van der Waals surface area contributed by atoms with Crippen molar-refractivity contribution in [2.75, 3.05) is 20.6 Å². The Hall–Kier alpha value is -0.560. The molecule has 56 valence electrons. The average Bonchev–Trinajstić information content (AvgIpc) is 2.15.